The number of amides is 1. The zero-order chi connectivity index (χ0) is 13.8. The Kier molecular flexibility index (Phi) is 3.91. The van der Waals surface area contributed by atoms with Crippen molar-refractivity contribution in [3.63, 3.8) is 0 Å². The summed E-state index contributed by atoms with van der Waals surface area (Å²) in [4.78, 5) is 14.1. The molecule has 0 atom stereocenters. The summed E-state index contributed by atoms with van der Waals surface area (Å²) in [6.45, 7) is 1.09. The molecule has 0 saturated carbocycles. The Labute approximate surface area is 112 Å². The molecule has 0 radical (unpaired) electrons. The molecule has 0 fully saturated rings. The Hall–Kier alpha value is -2.22. The third-order valence-electron chi connectivity index (χ3n) is 3.26. The van der Waals surface area contributed by atoms with Gasteiger partial charge in [0.2, 0.25) is 0 Å². The van der Waals surface area contributed by atoms with Crippen LogP contribution in [0.4, 0.5) is 0 Å². The number of nitrogens with zero attached hydrogens (tertiary/aromatic N) is 2. The summed E-state index contributed by atoms with van der Waals surface area (Å²) < 4.78 is 10.5. The van der Waals surface area contributed by atoms with Gasteiger partial charge in [-0.15, -0.1) is 0 Å². The molecule has 1 amide bonds. The molecule has 19 heavy (non-hydrogen) atoms. The molecule has 0 aromatic heterocycles. The van der Waals surface area contributed by atoms with E-state index < -0.39 is 0 Å². The summed E-state index contributed by atoms with van der Waals surface area (Å²) in [7, 11) is 3.13. The molecule has 5 nitrogen and oxygen atoms in total. The van der Waals surface area contributed by atoms with Crippen LogP contribution in [0.5, 0.6) is 11.5 Å². The fourth-order valence-corrected chi connectivity index (χ4v) is 2.28. The predicted octanol–water partition coefficient (Wildman–Crippen LogP) is 1.62. The quantitative estimate of drug-likeness (QED) is 0.825. The van der Waals surface area contributed by atoms with Crippen molar-refractivity contribution < 1.29 is 14.3 Å². The van der Waals surface area contributed by atoms with Crippen molar-refractivity contribution in [3.05, 3.63) is 23.3 Å². The summed E-state index contributed by atoms with van der Waals surface area (Å²) in [5.41, 5.74) is 1.53. The fraction of sp³-hybridized carbons (Fsp3) is 0.429. The highest BCUT2D eigenvalue weighted by Crippen LogP contribution is 2.32. The summed E-state index contributed by atoms with van der Waals surface area (Å²) in [5.74, 6) is 1.14. The summed E-state index contributed by atoms with van der Waals surface area (Å²) in [6.07, 6.45) is 1.10. The molecule has 1 heterocycles. The van der Waals surface area contributed by atoms with Crippen LogP contribution in [0.3, 0.4) is 0 Å². The second kappa shape index (κ2) is 5.61. The minimum Gasteiger partial charge on any atom is -0.497 e. The van der Waals surface area contributed by atoms with Crippen LogP contribution in [-0.4, -0.2) is 38.1 Å². The summed E-state index contributed by atoms with van der Waals surface area (Å²) in [5, 5.41) is 8.62. The lowest BCUT2D eigenvalue weighted by molar-refractivity contribution is 0.0739. The third kappa shape index (κ3) is 2.48. The normalized spacial score (nSPS) is 13.7. The Balaban J connectivity index is 2.37. The number of rotatable bonds is 4. The average Bonchev–Trinajstić information content (AvgIpc) is 2.45. The minimum atomic E-state index is -0.0731. The van der Waals surface area contributed by atoms with Gasteiger partial charge in [0.1, 0.15) is 11.5 Å². The smallest absolute Gasteiger partial charge is 0.257 e. The molecule has 0 N–H and O–H groups in total. The Morgan fingerprint density at radius 2 is 2.16 bits per heavy atom. The van der Waals surface area contributed by atoms with Crippen molar-refractivity contribution in [1.29, 1.82) is 5.26 Å². The van der Waals surface area contributed by atoms with Gasteiger partial charge >= 0.3 is 0 Å². The Morgan fingerprint density at radius 3 is 2.79 bits per heavy atom. The molecule has 5 heteroatoms. The first kappa shape index (κ1) is 13.2. The number of nitriles is 1. The number of carbonyl (C=O) groups is 1. The van der Waals surface area contributed by atoms with E-state index in [9.17, 15) is 4.79 Å². The van der Waals surface area contributed by atoms with Gasteiger partial charge in [-0.05, 0) is 18.1 Å². The van der Waals surface area contributed by atoms with E-state index in [0.29, 0.717) is 36.6 Å². The second-order valence-corrected chi connectivity index (χ2v) is 4.31. The van der Waals surface area contributed by atoms with Crippen LogP contribution in [-0.2, 0) is 6.42 Å². The minimum absolute atomic E-state index is 0.0731. The Bertz CT molecular complexity index is 517. The molecule has 0 saturated heterocycles. The number of hydrogen-bond donors (Lipinski definition) is 0. The lowest BCUT2D eigenvalue weighted by Gasteiger charge is -2.29. The van der Waals surface area contributed by atoms with Gasteiger partial charge in [0.05, 0.1) is 32.3 Å². The van der Waals surface area contributed by atoms with E-state index in [1.807, 2.05) is 6.07 Å². The summed E-state index contributed by atoms with van der Waals surface area (Å²) >= 11 is 0. The van der Waals surface area contributed by atoms with E-state index in [-0.39, 0.29) is 5.91 Å². The van der Waals surface area contributed by atoms with Crippen molar-refractivity contribution in [1.82, 2.24) is 4.90 Å². The number of benzene rings is 1. The lowest BCUT2D eigenvalue weighted by Crippen LogP contribution is -2.38. The van der Waals surface area contributed by atoms with Gasteiger partial charge < -0.3 is 14.4 Å². The lowest BCUT2D eigenvalue weighted by atomic mass is 9.97. The summed E-state index contributed by atoms with van der Waals surface area (Å²) in [6, 6.07) is 5.65. The highest BCUT2D eigenvalue weighted by atomic mass is 16.5. The van der Waals surface area contributed by atoms with Gasteiger partial charge in [-0.1, -0.05) is 0 Å². The molecule has 1 aliphatic rings. The maximum Gasteiger partial charge on any atom is 0.257 e. The first-order valence-corrected chi connectivity index (χ1v) is 6.12. The predicted molar refractivity (Wildman–Crippen MR) is 69.4 cm³/mol. The van der Waals surface area contributed by atoms with Gasteiger partial charge in [0.25, 0.3) is 5.91 Å². The van der Waals surface area contributed by atoms with Gasteiger partial charge in [0.15, 0.2) is 0 Å². The van der Waals surface area contributed by atoms with Crippen LogP contribution in [0.2, 0.25) is 0 Å². The molecule has 1 aliphatic heterocycles. The van der Waals surface area contributed by atoms with Crippen LogP contribution in [0.15, 0.2) is 12.1 Å². The van der Waals surface area contributed by atoms with Crippen molar-refractivity contribution in [2.45, 2.75) is 12.8 Å². The second-order valence-electron chi connectivity index (χ2n) is 4.31. The van der Waals surface area contributed by atoms with Gasteiger partial charge in [-0.2, -0.15) is 5.26 Å². The number of hydrogen-bond acceptors (Lipinski definition) is 4. The highest BCUT2D eigenvalue weighted by Gasteiger charge is 2.28. The maximum absolute atomic E-state index is 12.4. The van der Waals surface area contributed by atoms with E-state index in [4.69, 9.17) is 14.7 Å². The van der Waals surface area contributed by atoms with Gasteiger partial charge in [-0.3, -0.25) is 4.79 Å². The van der Waals surface area contributed by atoms with Crippen molar-refractivity contribution in [2.24, 2.45) is 0 Å². The molecule has 0 unspecified atom stereocenters. The van der Waals surface area contributed by atoms with Gasteiger partial charge in [-0.25, -0.2) is 0 Å². The van der Waals surface area contributed by atoms with E-state index in [1.165, 1.54) is 7.11 Å². The largest absolute Gasteiger partial charge is 0.497 e. The molecule has 1 aromatic carbocycles. The fourth-order valence-electron chi connectivity index (χ4n) is 2.28. The standard InChI is InChI=1S/C14H16N2O3/c1-18-11-8-10-4-7-16(6-3-5-15)14(17)13(10)12(9-11)19-2/h8-9H,3-4,6-7H2,1-2H3. The van der Waals surface area contributed by atoms with Crippen LogP contribution in [0, 0.1) is 11.3 Å². The molecule has 0 aliphatic carbocycles. The van der Waals surface area contributed by atoms with Crippen LogP contribution in [0.1, 0.15) is 22.3 Å². The van der Waals surface area contributed by atoms with E-state index in [1.54, 1.807) is 18.1 Å². The number of ether oxygens (including phenoxy) is 2. The topological polar surface area (TPSA) is 62.6 Å². The molecule has 100 valence electrons. The molecular weight excluding hydrogens is 244 g/mol. The molecule has 1 aromatic rings. The third-order valence-corrected chi connectivity index (χ3v) is 3.26. The molecular formula is C14H16N2O3. The first-order valence-electron chi connectivity index (χ1n) is 6.12. The Morgan fingerprint density at radius 1 is 1.37 bits per heavy atom. The molecule has 0 bridgehead atoms. The highest BCUT2D eigenvalue weighted by molar-refractivity contribution is 5.99. The van der Waals surface area contributed by atoms with E-state index in [2.05, 4.69) is 6.07 Å². The number of carbonyl (C=O) groups excluding carboxylic acids is 1. The zero-order valence-corrected chi connectivity index (χ0v) is 11.1. The van der Waals surface area contributed by atoms with Crippen molar-refractivity contribution in [2.75, 3.05) is 27.3 Å². The zero-order valence-electron chi connectivity index (χ0n) is 11.1. The average molecular weight is 260 g/mol. The van der Waals surface area contributed by atoms with Crippen LogP contribution >= 0.6 is 0 Å². The van der Waals surface area contributed by atoms with Crippen LogP contribution < -0.4 is 9.47 Å². The number of methoxy groups -OCH3 is 2. The van der Waals surface area contributed by atoms with Crippen LogP contribution in [0.25, 0.3) is 0 Å². The maximum atomic E-state index is 12.4. The van der Waals surface area contributed by atoms with Crippen molar-refractivity contribution in [3.8, 4) is 17.6 Å². The van der Waals surface area contributed by atoms with E-state index >= 15 is 0 Å². The monoisotopic (exact) mass is 260 g/mol. The number of fused-ring (bicyclic) bond motifs is 1. The van der Waals surface area contributed by atoms with Crippen molar-refractivity contribution >= 4 is 5.91 Å². The SMILES string of the molecule is COc1cc2c(c(OC)c1)C(=O)N(CCC#N)CC2. The van der Waals surface area contributed by atoms with Gasteiger partial charge in [0, 0.05) is 19.2 Å². The first-order chi connectivity index (χ1) is 9.21. The van der Waals surface area contributed by atoms with E-state index in [0.717, 1.165) is 12.0 Å². The molecule has 0 spiro atoms. The molecule has 2 rings (SSSR count).